The number of unbranched alkanes of at least 4 members (excludes halogenated alkanes) is 1. The molecule has 224 valence electrons. The van der Waals surface area contributed by atoms with Crippen molar-refractivity contribution in [2.75, 3.05) is 25.3 Å². The molecule has 0 aliphatic heterocycles. The second-order valence-corrected chi connectivity index (χ2v) is 9.62. The van der Waals surface area contributed by atoms with Crippen LogP contribution in [0.25, 0.3) is 5.70 Å². The van der Waals surface area contributed by atoms with Gasteiger partial charge in [-0.2, -0.15) is 13.2 Å². The molecule has 1 unspecified atom stereocenters. The fourth-order valence-electron chi connectivity index (χ4n) is 4.77. The van der Waals surface area contributed by atoms with Crippen LogP contribution in [0.15, 0.2) is 85.2 Å². The fraction of sp³-hybridized carbons (Fsp3) is 0.323. The molecule has 3 aromatic rings. The number of methoxy groups -OCH3 is 1. The van der Waals surface area contributed by atoms with Crippen molar-refractivity contribution in [3.05, 3.63) is 102 Å². The van der Waals surface area contributed by atoms with E-state index in [-0.39, 0.29) is 12.1 Å². The minimum absolute atomic E-state index is 0.197. The molecule has 1 heterocycles. The molecule has 1 aromatic heterocycles. The molecule has 0 spiro atoms. The zero-order chi connectivity index (χ0) is 30.4. The molecule has 0 bridgehead atoms. The summed E-state index contributed by atoms with van der Waals surface area (Å²) in [6, 6.07) is 17.3. The smallest absolute Gasteiger partial charge is 0.382 e. The van der Waals surface area contributed by atoms with Crippen LogP contribution in [0.4, 0.5) is 18.9 Å². The van der Waals surface area contributed by atoms with Gasteiger partial charge in [0.05, 0.1) is 29.6 Å². The van der Waals surface area contributed by atoms with E-state index in [0.717, 1.165) is 29.7 Å². The summed E-state index contributed by atoms with van der Waals surface area (Å²) in [4.78, 5) is 29.1. The average molecular weight is 584 g/mol. The lowest BCUT2D eigenvalue weighted by atomic mass is 9.99. The zero-order valence-electron chi connectivity index (χ0n) is 23.4. The molecule has 2 aromatic carbocycles. The van der Waals surface area contributed by atoms with Crippen LogP contribution in [0.2, 0.25) is 0 Å². The summed E-state index contributed by atoms with van der Waals surface area (Å²) in [6.07, 6.45) is 4.55. The second-order valence-electron chi connectivity index (χ2n) is 9.62. The van der Waals surface area contributed by atoms with Crippen LogP contribution in [0.1, 0.15) is 48.4 Å². The first-order valence-corrected chi connectivity index (χ1v) is 13.6. The highest BCUT2D eigenvalue weighted by atomic mass is 19.4. The van der Waals surface area contributed by atoms with Crippen molar-refractivity contribution in [2.24, 2.45) is 5.84 Å². The third-order valence-electron chi connectivity index (χ3n) is 6.90. The summed E-state index contributed by atoms with van der Waals surface area (Å²) in [5, 5.41) is 4.03. The van der Waals surface area contributed by atoms with Crippen LogP contribution in [-0.4, -0.2) is 49.0 Å². The summed E-state index contributed by atoms with van der Waals surface area (Å²) in [6.45, 7) is 0.706. The predicted octanol–water partition coefficient (Wildman–Crippen LogP) is 5.34. The Balaban J connectivity index is 1.81. The first-order chi connectivity index (χ1) is 20.3. The molecule has 42 heavy (non-hydrogen) atoms. The minimum Gasteiger partial charge on any atom is -0.382 e. The number of nitrogens with zero attached hydrogens (tertiary/aromatic N) is 3. The zero-order valence-corrected chi connectivity index (χ0v) is 23.4. The number of aromatic nitrogens is 1. The van der Waals surface area contributed by atoms with E-state index in [1.165, 1.54) is 17.1 Å². The van der Waals surface area contributed by atoms with E-state index in [4.69, 9.17) is 10.6 Å². The molecule has 2 atom stereocenters. The molecule has 0 saturated carbocycles. The summed E-state index contributed by atoms with van der Waals surface area (Å²) in [7, 11) is 1.59. The molecule has 0 fully saturated rings. The van der Waals surface area contributed by atoms with Gasteiger partial charge in [-0.1, -0.05) is 36.4 Å². The maximum atomic E-state index is 13.1. The number of ether oxygens (including phenoxy) is 1. The number of benzene rings is 2. The van der Waals surface area contributed by atoms with Gasteiger partial charge >= 0.3 is 6.18 Å². The van der Waals surface area contributed by atoms with E-state index in [2.05, 4.69) is 10.3 Å². The summed E-state index contributed by atoms with van der Waals surface area (Å²) >= 11 is 0. The minimum atomic E-state index is -4.45. The Hall–Kier alpha value is -4.22. The fourth-order valence-corrected chi connectivity index (χ4v) is 4.77. The molecular weight excluding hydrogens is 547 g/mol. The third-order valence-corrected chi connectivity index (χ3v) is 6.90. The Morgan fingerprint density at radius 1 is 1.02 bits per heavy atom. The first kappa shape index (κ1) is 32.3. The lowest BCUT2D eigenvalue weighted by molar-refractivity contribution is -0.137. The monoisotopic (exact) mass is 583 g/mol. The molecule has 3 rings (SSSR count). The van der Waals surface area contributed by atoms with Crippen LogP contribution in [0.5, 0.6) is 0 Å². The van der Waals surface area contributed by atoms with E-state index in [9.17, 15) is 22.8 Å². The van der Waals surface area contributed by atoms with Gasteiger partial charge < -0.3 is 15.0 Å². The van der Waals surface area contributed by atoms with Gasteiger partial charge in [-0.05, 0) is 67.6 Å². The number of hydrogen-bond donors (Lipinski definition) is 2. The Bertz CT molecular complexity index is 1260. The van der Waals surface area contributed by atoms with Gasteiger partial charge in [0.1, 0.15) is 0 Å². The van der Waals surface area contributed by atoms with Crippen molar-refractivity contribution in [3.8, 4) is 0 Å². The molecule has 8 nitrogen and oxygen atoms in total. The highest BCUT2D eigenvalue weighted by Crippen LogP contribution is 2.32. The lowest BCUT2D eigenvalue weighted by Gasteiger charge is -2.35. The SMILES string of the molecule is COC[C@@H](c1ccccc1)N(C=O)C(CCC/C=C(/c1ccncc1)N(N)c1ccc(C(F)(F)F)cc1)CCNC=O. The maximum absolute atomic E-state index is 13.1. The highest BCUT2D eigenvalue weighted by molar-refractivity contribution is 5.78. The number of hydrazine groups is 1. The van der Waals surface area contributed by atoms with Crippen molar-refractivity contribution < 1.29 is 27.5 Å². The topological polar surface area (TPSA) is 101 Å². The van der Waals surface area contributed by atoms with Gasteiger partial charge in [-0.15, -0.1) is 0 Å². The van der Waals surface area contributed by atoms with Crippen LogP contribution < -0.4 is 16.2 Å². The number of nitrogens with two attached hydrogens (primary N) is 1. The summed E-state index contributed by atoms with van der Waals surface area (Å²) in [5.74, 6) is 6.41. The number of alkyl halides is 3. The molecular formula is C31H36F3N5O3. The standard InChI is InChI=1S/C31H36F3N5O3/c1-42-21-30(24-7-3-2-4-8-24)38(23-41)27(17-20-37-22-40)9-5-6-10-29(25-15-18-36-19-16-25)39(35)28-13-11-26(12-14-28)31(32,33)34/h2-4,7-8,10-16,18-19,22-23,27,30H,5-6,9,17,20-21,35H2,1H3,(H,37,40)/b29-10-/t27?,30-/m0/s1. The maximum Gasteiger partial charge on any atom is 0.416 e. The van der Waals surface area contributed by atoms with Gasteiger partial charge in [0, 0.05) is 37.7 Å². The summed E-state index contributed by atoms with van der Waals surface area (Å²) in [5.41, 5.74) is 1.92. The molecule has 11 heteroatoms. The molecule has 0 aliphatic carbocycles. The largest absolute Gasteiger partial charge is 0.416 e. The number of carbonyl (C=O) groups is 2. The molecule has 0 radical (unpaired) electrons. The Morgan fingerprint density at radius 3 is 2.31 bits per heavy atom. The van der Waals surface area contributed by atoms with Crippen LogP contribution in [0, 0.1) is 0 Å². The van der Waals surface area contributed by atoms with Crippen molar-refractivity contribution in [2.45, 2.75) is 43.9 Å². The number of carbonyl (C=O) groups excluding carboxylic acids is 2. The third kappa shape index (κ3) is 9.15. The van der Waals surface area contributed by atoms with Gasteiger partial charge in [0.25, 0.3) is 0 Å². The van der Waals surface area contributed by atoms with E-state index >= 15 is 0 Å². The normalized spacial score (nSPS) is 13.2. The van der Waals surface area contributed by atoms with Gasteiger partial charge in [-0.3, -0.25) is 19.6 Å². The lowest BCUT2D eigenvalue weighted by Crippen LogP contribution is -2.41. The van der Waals surface area contributed by atoms with Crippen molar-refractivity contribution in [1.82, 2.24) is 15.2 Å². The quantitative estimate of drug-likeness (QED) is 0.0963. The van der Waals surface area contributed by atoms with Gasteiger partial charge in [0.2, 0.25) is 12.8 Å². The van der Waals surface area contributed by atoms with Crippen molar-refractivity contribution in [1.29, 1.82) is 0 Å². The van der Waals surface area contributed by atoms with Crippen molar-refractivity contribution >= 4 is 24.2 Å². The number of halogens is 3. The van der Waals surface area contributed by atoms with Crippen molar-refractivity contribution in [3.63, 3.8) is 0 Å². The number of allylic oxidation sites excluding steroid dienone is 1. The number of anilines is 1. The summed E-state index contributed by atoms with van der Waals surface area (Å²) < 4.78 is 44.7. The number of hydrogen-bond acceptors (Lipinski definition) is 6. The molecule has 2 amide bonds. The second kappa shape index (κ2) is 16.3. The molecule has 0 aliphatic rings. The number of rotatable bonds is 17. The van der Waals surface area contributed by atoms with E-state index in [1.54, 1.807) is 36.5 Å². The first-order valence-electron chi connectivity index (χ1n) is 13.6. The van der Waals surface area contributed by atoms with E-state index in [1.807, 2.05) is 36.4 Å². The molecule has 0 saturated heterocycles. The van der Waals surface area contributed by atoms with Crippen LogP contribution >= 0.6 is 0 Å². The van der Waals surface area contributed by atoms with Crippen LogP contribution in [0.3, 0.4) is 0 Å². The van der Waals surface area contributed by atoms with Gasteiger partial charge in [-0.25, -0.2) is 5.84 Å². The van der Waals surface area contributed by atoms with Crippen LogP contribution in [-0.2, 0) is 20.5 Å². The highest BCUT2D eigenvalue weighted by Gasteiger charge is 2.30. The number of nitrogens with one attached hydrogen (secondary N) is 1. The van der Waals surface area contributed by atoms with E-state index in [0.29, 0.717) is 56.6 Å². The van der Waals surface area contributed by atoms with E-state index < -0.39 is 11.7 Å². The average Bonchev–Trinajstić information content (AvgIpc) is 3.01. The number of amides is 2. The Labute approximate surface area is 243 Å². The number of pyridine rings is 1. The molecule has 3 N–H and O–H groups in total. The Morgan fingerprint density at radius 2 is 1.71 bits per heavy atom. The van der Waals surface area contributed by atoms with Gasteiger partial charge in [0.15, 0.2) is 0 Å². The Kier molecular flexibility index (Phi) is 12.5. The predicted molar refractivity (Wildman–Crippen MR) is 156 cm³/mol.